The molecule has 2 heterocycles. The molecule has 0 bridgehead atoms. The van der Waals surface area contributed by atoms with Crippen LogP contribution in [0.3, 0.4) is 0 Å². The second kappa shape index (κ2) is 3.98. The third-order valence-electron chi connectivity index (χ3n) is 2.15. The summed E-state index contributed by atoms with van der Waals surface area (Å²) in [4.78, 5) is 0.284. The Morgan fingerprint density at radius 2 is 2.33 bits per heavy atom. The summed E-state index contributed by atoms with van der Waals surface area (Å²) in [5, 5.41) is 11.0. The van der Waals surface area contributed by atoms with Gasteiger partial charge in [-0.05, 0) is 31.6 Å². The minimum absolute atomic E-state index is 0.284. The van der Waals surface area contributed by atoms with E-state index in [0.29, 0.717) is 5.89 Å². The summed E-state index contributed by atoms with van der Waals surface area (Å²) in [6, 6.07) is 1.97. The number of nitrogens with zero attached hydrogens (tertiary/aromatic N) is 3. The van der Waals surface area contributed by atoms with Crippen molar-refractivity contribution in [1.82, 2.24) is 20.0 Å². The van der Waals surface area contributed by atoms with Crippen LogP contribution in [0.1, 0.15) is 19.5 Å². The van der Waals surface area contributed by atoms with Crippen molar-refractivity contribution in [2.75, 3.05) is 0 Å². The summed E-state index contributed by atoms with van der Waals surface area (Å²) in [6.45, 7) is 4.87. The molecule has 0 aromatic carbocycles. The van der Waals surface area contributed by atoms with Crippen molar-refractivity contribution in [2.24, 2.45) is 0 Å². The van der Waals surface area contributed by atoms with Crippen LogP contribution < -0.4 is 0 Å². The van der Waals surface area contributed by atoms with Crippen molar-refractivity contribution in [3.63, 3.8) is 0 Å². The van der Waals surface area contributed by atoms with Gasteiger partial charge in [0.05, 0.1) is 5.69 Å². The highest BCUT2D eigenvalue weighted by atomic mass is 32.1. The SMILES string of the molecule is CCc1cc(-c2n[nH]c(=S)o2)n(CC)n1. The molecule has 80 valence electrons. The quantitative estimate of drug-likeness (QED) is 0.812. The van der Waals surface area contributed by atoms with Gasteiger partial charge in [-0.15, -0.1) is 5.10 Å². The zero-order valence-electron chi connectivity index (χ0n) is 8.65. The van der Waals surface area contributed by atoms with Crippen LogP contribution in [0, 0.1) is 4.84 Å². The molecule has 0 radical (unpaired) electrons. The van der Waals surface area contributed by atoms with Gasteiger partial charge in [-0.3, -0.25) is 4.68 Å². The Balaban J connectivity index is 2.51. The van der Waals surface area contributed by atoms with Crippen molar-refractivity contribution in [3.05, 3.63) is 16.6 Å². The van der Waals surface area contributed by atoms with Gasteiger partial charge < -0.3 is 4.42 Å². The van der Waals surface area contributed by atoms with Gasteiger partial charge >= 0.3 is 0 Å². The molecule has 2 aromatic rings. The molecule has 0 unspecified atom stereocenters. The summed E-state index contributed by atoms with van der Waals surface area (Å²) >= 11 is 4.83. The van der Waals surface area contributed by atoms with Crippen LogP contribution in [0.2, 0.25) is 0 Å². The Labute approximate surface area is 92.1 Å². The largest absolute Gasteiger partial charge is 0.408 e. The van der Waals surface area contributed by atoms with E-state index in [0.717, 1.165) is 24.4 Å². The summed E-state index contributed by atoms with van der Waals surface area (Å²) < 4.78 is 7.11. The highest BCUT2D eigenvalue weighted by Crippen LogP contribution is 2.18. The van der Waals surface area contributed by atoms with E-state index in [-0.39, 0.29) is 4.84 Å². The third kappa shape index (κ3) is 1.85. The summed E-state index contributed by atoms with van der Waals surface area (Å²) in [5.41, 5.74) is 1.89. The lowest BCUT2D eigenvalue weighted by atomic mass is 10.3. The molecule has 0 aliphatic rings. The van der Waals surface area contributed by atoms with E-state index < -0.39 is 0 Å². The molecule has 6 heteroatoms. The normalized spacial score (nSPS) is 10.8. The molecule has 1 N–H and O–H groups in total. The Hall–Kier alpha value is -1.43. The topological polar surface area (TPSA) is 59.6 Å². The maximum atomic E-state index is 5.26. The average molecular weight is 224 g/mol. The maximum absolute atomic E-state index is 5.26. The fourth-order valence-electron chi connectivity index (χ4n) is 1.40. The molecular weight excluding hydrogens is 212 g/mol. The number of nitrogens with one attached hydrogen (secondary N) is 1. The molecule has 0 aliphatic carbocycles. The third-order valence-corrected chi connectivity index (χ3v) is 2.32. The molecule has 15 heavy (non-hydrogen) atoms. The first-order chi connectivity index (χ1) is 7.24. The highest BCUT2D eigenvalue weighted by Gasteiger charge is 2.12. The zero-order chi connectivity index (χ0) is 10.8. The van der Waals surface area contributed by atoms with Crippen LogP contribution in [0.5, 0.6) is 0 Å². The van der Waals surface area contributed by atoms with Crippen molar-refractivity contribution in [3.8, 4) is 11.6 Å². The molecule has 0 aliphatic heterocycles. The number of rotatable bonds is 3. The Kier molecular flexibility index (Phi) is 2.68. The van der Waals surface area contributed by atoms with Crippen molar-refractivity contribution in [2.45, 2.75) is 26.8 Å². The van der Waals surface area contributed by atoms with Crippen LogP contribution in [0.25, 0.3) is 11.6 Å². The van der Waals surface area contributed by atoms with E-state index >= 15 is 0 Å². The molecule has 5 nitrogen and oxygen atoms in total. The van der Waals surface area contributed by atoms with E-state index in [1.807, 2.05) is 17.7 Å². The van der Waals surface area contributed by atoms with Crippen molar-refractivity contribution >= 4 is 12.2 Å². The molecule has 0 fully saturated rings. The first-order valence-electron chi connectivity index (χ1n) is 4.87. The zero-order valence-corrected chi connectivity index (χ0v) is 9.47. The lowest BCUT2D eigenvalue weighted by molar-refractivity contribution is 0.539. The Morgan fingerprint density at radius 3 is 2.87 bits per heavy atom. The van der Waals surface area contributed by atoms with Gasteiger partial charge in [-0.25, -0.2) is 5.10 Å². The molecule has 2 aromatic heterocycles. The lowest BCUT2D eigenvalue weighted by Crippen LogP contribution is -1.99. The minimum atomic E-state index is 0.284. The van der Waals surface area contributed by atoms with E-state index in [1.165, 1.54) is 0 Å². The second-order valence-corrected chi connectivity index (χ2v) is 3.48. The van der Waals surface area contributed by atoms with Crippen LogP contribution in [-0.2, 0) is 13.0 Å². The van der Waals surface area contributed by atoms with Crippen LogP contribution in [-0.4, -0.2) is 20.0 Å². The van der Waals surface area contributed by atoms with Gasteiger partial charge in [-0.1, -0.05) is 6.92 Å². The Bertz CT molecular complexity index is 510. The van der Waals surface area contributed by atoms with Crippen LogP contribution in [0.4, 0.5) is 0 Å². The Morgan fingerprint density at radius 1 is 1.53 bits per heavy atom. The number of H-pyrrole nitrogens is 1. The number of hydrogen-bond acceptors (Lipinski definition) is 4. The van der Waals surface area contributed by atoms with Gasteiger partial charge in [0, 0.05) is 6.54 Å². The molecule has 0 saturated heterocycles. The second-order valence-electron chi connectivity index (χ2n) is 3.11. The first-order valence-corrected chi connectivity index (χ1v) is 5.28. The number of aromatic amines is 1. The van der Waals surface area contributed by atoms with Gasteiger partial charge in [0.25, 0.3) is 10.7 Å². The van der Waals surface area contributed by atoms with Crippen molar-refractivity contribution < 1.29 is 4.42 Å². The summed E-state index contributed by atoms with van der Waals surface area (Å²) in [5.74, 6) is 0.494. The lowest BCUT2D eigenvalue weighted by Gasteiger charge is -1.98. The van der Waals surface area contributed by atoms with Crippen LogP contribution in [0.15, 0.2) is 10.5 Å². The number of hydrogen-bond donors (Lipinski definition) is 1. The molecule has 0 atom stereocenters. The summed E-state index contributed by atoms with van der Waals surface area (Å²) in [6.07, 6.45) is 0.894. The van der Waals surface area contributed by atoms with Gasteiger partial charge in [-0.2, -0.15) is 5.10 Å². The first kappa shape index (κ1) is 10.1. The van der Waals surface area contributed by atoms with E-state index in [2.05, 4.69) is 22.2 Å². The van der Waals surface area contributed by atoms with Gasteiger partial charge in [0.2, 0.25) is 0 Å². The minimum Gasteiger partial charge on any atom is -0.408 e. The number of aryl methyl sites for hydroxylation is 2. The van der Waals surface area contributed by atoms with E-state index in [1.54, 1.807) is 0 Å². The predicted molar refractivity (Wildman–Crippen MR) is 58.0 cm³/mol. The van der Waals surface area contributed by atoms with Gasteiger partial charge in [0.15, 0.2) is 0 Å². The van der Waals surface area contributed by atoms with Gasteiger partial charge in [0.1, 0.15) is 5.69 Å². The molecular formula is C9H12N4OS. The fraction of sp³-hybridized carbons (Fsp3) is 0.444. The average Bonchev–Trinajstić information content (AvgIpc) is 2.82. The smallest absolute Gasteiger partial charge is 0.284 e. The monoisotopic (exact) mass is 224 g/mol. The molecule has 0 saturated carbocycles. The van der Waals surface area contributed by atoms with Crippen LogP contribution >= 0.6 is 12.2 Å². The predicted octanol–water partition coefficient (Wildman–Crippen LogP) is 2.18. The van der Waals surface area contributed by atoms with E-state index in [4.69, 9.17) is 16.6 Å². The molecule has 0 spiro atoms. The number of aromatic nitrogens is 4. The molecule has 2 rings (SSSR count). The van der Waals surface area contributed by atoms with E-state index in [9.17, 15) is 0 Å². The highest BCUT2D eigenvalue weighted by molar-refractivity contribution is 7.71. The molecule has 0 amide bonds. The maximum Gasteiger partial charge on any atom is 0.284 e. The fourth-order valence-corrected chi connectivity index (χ4v) is 1.52. The van der Waals surface area contributed by atoms with Crippen molar-refractivity contribution in [1.29, 1.82) is 0 Å². The summed E-state index contributed by atoms with van der Waals surface area (Å²) in [7, 11) is 0. The standard InChI is InChI=1S/C9H12N4OS/c1-3-6-5-7(13(4-2)12-6)8-10-11-9(15)14-8/h5H,3-4H2,1-2H3,(H,11,15).